The largest absolute Gasteiger partial charge is 0.387 e. The van der Waals surface area contributed by atoms with E-state index in [1.807, 2.05) is 0 Å². The van der Waals surface area contributed by atoms with Gasteiger partial charge in [0.1, 0.15) is 0 Å². The van der Waals surface area contributed by atoms with Gasteiger partial charge in [-0.15, -0.1) is 12.3 Å². The summed E-state index contributed by atoms with van der Waals surface area (Å²) in [6, 6.07) is 1.24. The second kappa shape index (κ2) is 3.01. The summed E-state index contributed by atoms with van der Waals surface area (Å²) in [5.74, 6) is 2.57. The van der Waals surface area contributed by atoms with Crippen molar-refractivity contribution in [3.8, 4) is 12.3 Å². The van der Waals surface area contributed by atoms with Crippen LogP contribution in [0.15, 0.2) is 0 Å². The monoisotopic (exact) mass is 179 g/mol. The molecule has 0 bridgehead atoms. The lowest BCUT2D eigenvalue weighted by Gasteiger charge is -2.21. The second-order valence-electron chi connectivity index (χ2n) is 4.56. The summed E-state index contributed by atoms with van der Waals surface area (Å²) >= 11 is 0. The number of β-amino-alcohol motifs (C(OH)–C–C–N with tert-alkyl or cyclic N) is 1. The molecular formula is C11H17NO. The van der Waals surface area contributed by atoms with Crippen molar-refractivity contribution in [2.45, 2.75) is 50.3 Å². The van der Waals surface area contributed by atoms with Gasteiger partial charge in [-0.25, -0.2) is 0 Å². The number of hydrogen-bond donors (Lipinski definition) is 1. The van der Waals surface area contributed by atoms with Gasteiger partial charge in [0.2, 0.25) is 0 Å². The van der Waals surface area contributed by atoms with E-state index in [2.05, 4.69) is 17.7 Å². The Bertz CT molecular complexity index is 241. The van der Waals surface area contributed by atoms with Gasteiger partial charge in [0.25, 0.3) is 0 Å². The van der Waals surface area contributed by atoms with Gasteiger partial charge in [-0.05, 0) is 26.2 Å². The molecule has 2 unspecified atom stereocenters. The highest BCUT2D eigenvalue weighted by Crippen LogP contribution is 2.38. The topological polar surface area (TPSA) is 23.5 Å². The van der Waals surface area contributed by atoms with Gasteiger partial charge >= 0.3 is 0 Å². The fraction of sp³-hybridized carbons (Fsp3) is 0.818. The molecule has 1 aliphatic heterocycles. The smallest absolute Gasteiger partial charge is 0.0897 e. The van der Waals surface area contributed by atoms with E-state index in [4.69, 9.17) is 6.42 Å². The van der Waals surface area contributed by atoms with Crippen molar-refractivity contribution >= 4 is 0 Å². The maximum atomic E-state index is 10.1. The molecule has 0 aromatic rings. The lowest BCUT2D eigenvalue weighted by molar-refractivity contribution is 0.0535. The number of aliphatic hydroxyl groups is 1. The molecule has 2 rings (SSSR count). The van der Waals surface area contributed by atoms with Crippen LogP contribution in [0.3, 0.4) is 0 Å². The van der Waals surface area contributed by atoms with Gasteiger partial charge in [-0.3, -0.25) is 4.90 Å². The zero-order valence-corrected chi connectivity index (χ0v) is 8.16. The van der Waals surface area contributed by atoms with E-state index < -0.39 is 5.60 Å². The van der Waals surface area contributed by atoms with Crippen LogP contribution in [0.25, 0.3) is 0 Å². The quantitative estimate of drug-likeness (QED) is 0.639. The van der Waals surface area contributed by atoms with Crippen molar-refractivity contribution in [3.05, 3.63) is 0 Å². The molecule has 0 radical (unpaired) electrons. The Morgan fingerprint density at radius 2 is 2.31 bits per heavy atom. The summed E-state index contributed by atoms with van der Waals surface area (Å²) in [6.07, 6.45) is 9.19. The standard InChI is InChI=1S/C11H17NO/c1-3-6-11(13)7-9(2)12(8-11)10-4-5-10/h1,9-10,13H,4-8H2,2H3. The molecule has 1 saturated heterocycles. The lowest BCUT2D eigenvalue weighted by Crippen LogP contribution is -2.34. The number of terminal acetylenes is 1. The van der Waals surface area contributed by atoms with Crippen LogP contribution in [0.5, 0.6) is 0 Å². The maximum absolute atomic E-state index is 10.1. The predicted octanol–water partition coefficient (Wildman–Crippen LogP) is 0.997. The first-order chi connectivity index (χ1) is 6.14. The minimum absolute atomic E-state index is 0.501. The highest BCUT2D eigenvalue weighted by atomic mass is 16.3. The fourth-order valence-electron chi connectivity index (χ4n) is 2.44. The summed E-state index contributed by atoms with van der Waals surface area (Å²) < 4.78 is 0. The number of likely N-dealkylation sites (tertiary alicyclic amines) is 1. The summed E-state index contributed by atoms with van der Waals surface area (Å²) in [7, 11) is 0. The van der Waals surface area contributed by atoms with Crippen LogP contribution in [-0.4, -0.2) is 34.2 Å². The van der Waals surface area contributed by atoms with Gasteiger partial charge in [0.15, 0.2) is 0 Å². The van der Waals surface area contributed by atoms with Gasteiger partial charge in [0, 0.05) is 25.0 Å². The summed E-state index contributed by atoms with van der Waals surface area (Å²) in [6.45, 7) is 2.97. The number of rotatable bonds is 2. The molecular weight excluding hydrogens is 162 g/mol. The predicted molar refractivity (Wildman–Crippen MR) is 52.2 cm³/mol. The molecule has 72 valence electrons. The molecule has 0 spiro atoms. The number of hydrogen-bond acceptors (Lipinski definition) is 2. The third-order valence-electron chi connectivity index (χ3n) is 3.17. The Labute approximate surface area is 79.9 Å². The van der Waals surface area contributed by atoms with E-state index in [1.54, 1.807) is 0 Å². The molecule has 1 N–H and O–H groups in total. The van der Waals surface area contributed by atoms with E-state index in [0.29, 0.717) is 12.5 Å². The highest BCUT2D eigenvalue weighted by molar-refractivity contribution is 5.05. The Hall–Kier alpha value is -0.520. The average molecular weight is 179 g/mol. The van der Waals surface area contributed by atoms with Crippen LogP contribution in [0.4, 0.5) is 0 Å². The molecule has 0 amide bonds. The SMILES string of the molecule is C#CCC1(O)CC(C)N(C2CC2)C1. The maximum Gasteiger partial charge on any atom is 0.0897 e. The third kappa shape index (κ3) is 1.72. The van der Waals surface area contributed by atoms with Crippen molar-refractivity contribution in [2.24, 2.45) is 0 Å². The van der Waals surface area contributed by atoms with E-state index >= 15 is 0 Å². The third-order valence-corrected chi connectivity index (χ3v) is 3.17. The molecule has 2 nitrogen and oxygen atoms in total. The molecule has 2 atom stereocenters. The van der Waals surface area contributed by atoms with E-state index in [9.17, 15) is 5.11 Å². The van der Waals surface area contributed by atoms with Crippen LogP contribution >= 0.6 is 0 Å². The van der Waals surface area contributed by atoms with Crippen molar-refractivity contribution < 1.29 is 5.11 Å². The Kier molecular flexibility index (Phi) is 2.09. The Balaban J connectivity index is 2.01. The summed E-state index contributed by atoms with van der Waals surface area (Å²) in [5.41, 5.74) is -0.600. The first-order valence-electron chi connectivity index (χ1n) is 5.06. The first kappa shape index (κ1) is 9.05. The normalized spacial score (nSPS) is 40.5. The first-order valence-corrected chi connectivity index (χ1v) is 5.06. The zero-order valence-electron chi connectivity index (χ0n) is 8.16. The summed E-state index contributed by atoms with van der Waals surface area (Å²) in [5, 5.41) is 10.1. The molecule has 2 fully saturated rings. The van der Waals surface area contributed by atoms with E-state index in [0.717, 1.165) is 19.0 Å². The second-order valence-corrected chi connectivity index (χ2v) is 4.56. The molecule has 1 heterocycles. The van der Waals surface area contributed by atoms with Crippen LogP contribution in [0, 0.1) is 12.3 Å². The molecule has 0 aromatic carbocycles. The van der Waals surface area contributed by atoms with Crippen LogP contribution < -0.4 is 0 Å². The highest BCUT2D eigenvalue weighted by Gasteiger charge is 2.45. The average Bonchev–Trinajstić information content (AvgIpc) is 2.79. The molecule has 1 saturated carbocycles. The van der Waals surface area contributed by atoms with Crippen molar-refractivity contribution in [3.63, 3.8) is 0 Å². The lowest BCUT2D eigenvalue weighted by atomic mass is 9.97. The van der Waals surface area contributed by atoms with Crippen LogP contribution in [0.2, 0.25) is 0 Å². The van der Waals surface area contributed by atoms with Crippen molar-refractivity contribution in [1.29, 1.82) is 0 Å². The van der Waals surface area contributed by atoms with Gasteiger partial charge in [-0.2, -0.15) is 0 Å². The minimum Gasteiger partial charge on any atom is -0.387 e. The minimum atomic E-state index is -0.600. The Morgan fingerprint density at radius 3 is 2.85 bits per heavy atom. The zero-order chi connectivity index (χ0) is 9.47. The van der Waals surface area contributed by atoms with Gasteiger partial charge in [-0.1, -0.05) is 0 Å². The fourth-order valence-corrected chi connectivity index (χ4v) is 2.44. The van der Waals surface area contributed by atoms with Gasteiger partial charge in [0.05, 0.1) is 5.60 Å². The molecule has 13 heavy (non-hydrogen) atoms. The molecule has 1 aliphatic carbocycles. The molecule has 2 aliphatic rings. The van der Waals surface area contributed by atoms with Crippen LogP contribution in [0.1, 0.15) is 32.6 Å². The number of nitrogens with zero attached hydrogens (tertiary/aromatic N) is 1. The van der Waals surface area contributed by atoms with Gasteiger partial charge < -0.3 is 5.11 Å². The van der Waals surface area contributed by atoms with E-state index in [-0.39, 0.29) is 0 Å². The van der Waals surface area contributed by atoms with Crippen molar-refractivity contribution in [2.75, 3.05) is 6.54 Å². The van der Waals surface area contributed by atoms with E-state index in [1.165, 1.54) is 12.8 Å². The van der Waals surface area contributed by atoms with Crippen LogP contribution in [-0.2, 0) is 0 Å². The summed E-state index contributed by atoms with van der Waals surface area (Å²) in [4.78, 5) is 2.41. The molecule has 2 heteroatoms. The van der Waals surface area contributed by atoms with Crippen molar-refractivity contribution in [1.82, 2.24) is 4.90 Å². The Morgan fingerprint density at radius 1 is 1.62 bits per heavy atom. The molecule has 0 aromatic heterocycles.